The van der Waals surface area contributed by atoms with Crippen molar-refractivity contribution in [1.29, 1.82) is 0 Å². The van der Waals surface area contributed by atoms with Crippen molar-refractivity contribution in [1.82, 2.24) is 19.8 Å². The molecule has 29 heavy (non-hydrogen) atoms. The van der Waals surface area contributed by atoms with Crippen LogP contribution in [-0.2, 0) is 11.3 Å². The average molecular weight is 412 g/mol. The van der Waals surface area contributed by atoms with Gasteiger partial charge in [-0.3, -0.25) is 14.5 Å². The summed E-state index contributed by atoms with van der Waals surface area (Å²) in [7, 11) is 0. The lowest BCUT2D eigenvalue weighted by Gasteiger charge is -2.36. The third-order valence-electron chi connectivity index (χ3n) is 5.21. The lowest BCUT2D eigenvalue weighted by Crippen LogP contribution is -2.53. The van der Waals surface area contributed by atoms with Crippen LogP contribution in [-0.4, -0.2) is 64.6 Å². The summed E-state index contributed by atoms with van der Waals surface area (Å²) in [5.41, 5.74) is 0.640. The first kappa shape index (κ1) is 18.1. The molecule has 0 aliphatic carbocycles. The first-order valence-corrected chi connectivity index (χ1v) is 10.4. The predicted octanol–water partition coefficient (Wildman–Crippen LogP) is 1.47. The Hall–Kier alpha value is -2.91. The second kappa shape index (κ2) is 7.49. The van der Waals surface area contributed by atoms with Gasteiger partial charge in [-0.2, -0.15) is 0 Å². The van der Waals surface area contributed by atoms with E-state index in [0.717, 1.165) is 5.52 Å². The highest BCUT2D eigenvalue weighted by atomic mass is 32.1. The van der Waals surface area contributed by atoms with Gasteiger partial charge < -0.3 is 19.4 Å². The minimum Gasteiger partial charge on any atom is -0.485 e. The number of benzene rings is 1. The molecule has 1 saturated heterocycles. The molecule has 0 saturated carbocycles. The van der Waals surface area contributed by atoms with Crippen LogP contribution in [0.1, 0.15) is 5.82 Å². The number of piperazine rings is 1. The van der Waals surface area contributed by atoms with Crippen LogP contribution in [0.25, 0.3) is 10.2 Å². The van der Waals surface area contributed by atoms with Crippen molar-refractivity contribution in [3.8, 4) is 11.5 Å². The lowest BCUT2D eigenvalue weighted by molar-refractivity contribution is -0.143. The first-order valence-electron chi connectivity index (χ1n) is 9.53. The largest absolute Gasteiger partial charge is 0.485 e. The number of amides is 1. The number of thiophene rings is 1. The molecule has 0 spiro atoms. The van der Waals surface area contributed by atoms with Gasteiger partial charge in [0, 0.05) is 26.2 Å². The topological polar surface area (TPSA) is 87.8 Å². The van der Waals surface area contributed by atoms with E-state index in [-0.39, 0.29) is 18.1 Å². The standard InChI is InChI=1S/C20H20N4O4S/c25-19-18-13(5-10-29-18)21-17(22-19)11-23-6-8-24(9-7-23)20(26)16-12-27-14-3-1-2-4-15(14)28-16/h1-5,10,16H,6-9,11-12H2,(H,21,22,25)/t16-/m1/s1. The van der Waals surface area contributed by atoms with Crippen LogP contribution in [0.4, 0.5) is 0 Å². The smallest absolute Gasteiger partial charge is 0.268 e. The van der Waals surface area contributed by atoms with Crippen molar-refractivity contribution in [2.45, 2.75) is 12.6 Å². The van der Waals surface area contributed by atoms with Gasteiger partial charge in [-0.15, -0.1) is 11.3 Å². The minimum absolute atomic E-state index is 0.0506. The van der Waals surface area contributed by atoms with E-state index in [1.54, 1.807) is 0 Å². The van der Waals surface area contributed by atoms with Crippen LogP contribution in [0.2, 0.25) is 0 Å². The summed E-state index contributed by atoms with van der Waals surface area (Å²) in [6.45, 7) is 3.40. The van der Waals surface area contributed by atoms with E-state index in [0.29, 0.717) is 54.7 Å². The molecule has 1 N–H and O–H groups in total. The molecule has 4 heterocycles. The van der Waals surface area contributed by atoms with E-state index in [2.05, 4.69) is 14.9 Å². The van der Waals surface area contributed by atoms with Crippen LogP contribution < -0.4 is 15.0 Å². The Kier molecular flexibility index (Phi) is 4.69. The molecule has 0 bridgehead atoms. The van der Waals surface area contributed by atoms with Crippen molar-refractivity contribution >= 4 is 27.5 Å². The summed E-state index contributed by atoms with van der Waals surface area (Å²) in [5, 5.41) is 1.87. The highest BCUT2D eigenvalue weighted by Gasteiger charge is 2.32. The van der Waals surface area contributed by atoms with Crippen LogP contribution >= 0.6 is 11.3 Å². The van der Waals surface area contributed by atoms with Gasteiger partial charge in [0.15, 0.2) is 11.5 Å². The van der Waals surface area contributed by atoms with E-state index >= 15 is 0 Å². The number of H-pyrrole nitrogens is 1. The molecule has 2 aliphatic heterocycles. The maximum Gasteiger partial charge on any atom is 0.268 e. The number of hydrogen-bond donors (Lipinski definition) is 1. The fourth-order valence-corrected chi connectivity index (χ4v) is 4.41. The monoisotopic (exact) mass is 412 g/mol. The number of nitrogens with one attached hydrogen (secondary N) is 1. The molecule has 1 atom stereocenters. The zero-order valence-corrected chi connectivity index (χ0v) is 16.5. The van der Waals surface area contributed by atoms with Gasteiger partial charge in [-0.05, 0) is 23.6 Å². The number of nitrogens with zero attached hydrogens (tertiary/aromatic N) is 3. The third kappa shape index (κ3) is 3.58. The number of carbonyl (C=O) groups excluding carboxylic acids is 1. The molecule has 9 heteroatoms. The number of para-hydroxylation sites is 2. The van der Waals surface area contributed by atoms with Crippen molar-refractivity contribution in [2.24, 2.45) is 0 Å². The van der Waals surface area contributed by atoms with E-state index in [1.165, 1.54) is 11.3 Å². The fraction of sp³-hybridized carbons (Fsp3) is 0.350. The third-order valence-corrected chi connectivity index (χ3v) is 6.11. The summed E-state index contributed by atoms with van der Waals surface area (Å²) in [6.07, 6.45) is -0.615. The van der Waals surface area contributed by atoms with Gasteiger partial charge in [0.05, 0.1) is 12.1 Å². The Balaban J connectivity index is 1.19. The lowest BCUT2D eigenvalue weighted by atomic mass is 10.2. The zero-order valence-electron chi connectivity index (χ0n) is 15.7. The highest BCUT2D eigenvalue weighted by Crippen LogP contribution is 2.31. The summed E-state index contributed by atoms with van der Waals surface area (Å²) in [5.74, 6) is 1.88. The Labute approximate surface area is 170 Å². The van der Waals surface area contributed by atoms with Crippen molar-refractivity contribution in [3.05, 3.63) is 51.9 Å². The molecule has 8 nitrogen and oxygen atoms in total. The maximum absolute atomic E-state index is 12.8. The number of aromatic amines is 1. The van der Waals surface area contributed by atoms with Gasteiger partial charge >= 0.3 is 0 Å². The summed E-state index contributed by atoms with van der Waals surface area (Å²) >= 11 is 1.40. The SMILES string of the molecule is O=C([C@H]1COc2ccccc2O1)N1CCN(Cc2nc3ccsc3c(=O)[nH]2)CC1. The van der Waals surface area contributed by atoms with E-state index in [4.69, 9.17) is 9.47 Å². The Bertz CT molecular complexity index is 1100. The fourth-order valence-electron chi connectivity index (χ4n) is 3.68. The predicted molar refractivity (Wildman–Crippen MR) is 108 cm³/mol. The number of hydrogen-bond acceptors (Lipinski definition) is 7. The van der Waals surface area contributed by atoms with Crippen molar-refractivity contribution < 1.29 is 14.3 Å². The minimum atomic E-state index is -0.615. The van der Waals surface area contributed by atoms with Gasteiger partial charge in [0.25, 0.3) is 11.5 Å². The van der Waals surface area contributed by atoms with Gasteiger partial charge in [0.1, 0.15) is 17.1 Å². The number of aromatic nitrogens is 2. The molecular weight excluding hydrogens is 392 g/mol. The molecule has 1 amide bonds. The number of carbonyl (C=O) groups is 1. The Morgan fingerprint density at radius 2 is 1.97 bits per heavy atom. The van der Waals surface area contributed by atoms with Crippen molar-refractivity contribution in [3.63, 3.8) is 0 Å². The van der Waals surface area contributed by atoms with Crippen molar-refractivity contribution in [2.75, 3.05) is 32.8 Å². The Morgan fingerprint density at radius 3 is 2.79 bits per heavy atom. The van der Waals surface area contributed by atoms with Gasteiger partial charge in [-0.25, -0.2) is 4.98 Å². The molecule has 0 radical (unpaired) electrons. The summed E-state index contributed by atoms with van der Waals surface area (Å²) < 4.78 is 12.2. The molecule has 0 unspecified atom stereocenters. The quantitative estimate of drug-likeness (QED) is 0.701. The number of fused-ring (bicyclic) bond motifs is 2. The van der Waals surface area contributed by atoms with Crippen LogP contribution in [0.15, 0.2) is 40.5 Å². The molecule has 1 aromatic carbocycles. The first-order chi connectivity index (χ1) is 14.2. The van der Waals surface area contributed by atoms with E-state index in [1.807, 2.05) is 40.6 Å². The second-order valence-corrected chi connectivity index (χ2v) is 8.03. The molecule has 2 aromatic heterocycles. The highest BCUT2D eigenvalue weighted by molar-refractivity contribution is 7.17. The number of rotatable bonds is 3. The van der Waals surface area contributed by atoms with Gasteiger partial charge in [0.2, 0.25) is 6.10 Å². The Morgan fingerprint density at radius 1 is 1.17 bits per heavy atom. The summed E-state index contributed by atoms with van der Waals surface area (Å²) in [6, 6.07) is 9.24. The van der Waals surface area contributed by atoms with Crippen LogP contribution in [0.5, 0.6) is 11.5 Å². The molecule has 3 aromatic rings. The molecule has 150 valence electrons. The molecule has 5 rings (SSSR count). The molecule has 1 fully saturated rings. The van der Waals surface area contributed by atoms with Gasteiger partial charge in [-0.1, -0.05) is 12.1 Å². The molecular formula is C20H20N4O4S. The van der Waals surface area contributed by atoms with Crippen LogP contribution in [0, 0.1) is 0 Å². The maximum atomic E-state index is 12.8. The second-order valence-electron chi connectivity index (χ2n) is 7.11. The van der Waals surface area contributed by atoms with E-state index < -0.39 is 6.10 Å². The van der Waals surface area contributed by atoms with Crippen LogP contribution in [0.3, 0.4) is 0 Å². The zero-order chi connectivity index (χ0) is 19.8. The summed E-state index contributed by atoms with van der Waals surface area (Å²) in [4.78, 5) is 36.4. The normalized spacial score (nSPS) is 19.4. The number of ether oxygens (including phenoxy) is 2. The molecule has 2 aliphatic rings. The van der Waals surface area contributed by atoms with E-state index in [9.17, 15) is 9.59 Å². The average Bonchev–Trinajstić information content (AvgIpc) is 3.23.